The van der Waals surface area contributed by atoms with Gasteiger partial charge in [-0.3, -0.25) is 14.4 Å². The van der Waals surface area contributed by atoms with Crippen molar-refractivity contribution in [2.24, 2.45) is 0 Å². The first-order valence-corrected chi connectivity index (χ1v) is 34.3. The number of unbranched alkanes of at least 4 members (excludes halogenated alkanes) is 26. The lowest BCUT2D eigenvalue weighted by atomic mass is 10.1. The molecule has 0 aromatic carbocycles. The first-order valence-electron chi connectivity index (χ1n) is 34.3. The number of ether oxygens (including phenoxy) is 3. The van der Waals surface area contributed by atoms with E-state index in [4.69, 9.17) is 14.2 Å². The highest BCUT2D eigenvalue weighted by Gasteiger charge is 2.19. The van der Waals surface area contributed by atoms with Crippen molar-refractivity contribution in [2.75, 3.05) is 13.2 Å². The second-order valence-electron chi connectivity index (χ2n) is 22.3. The molecule has 0 aliphatic carbocycles. The Labute approximate surface area is 512 Å². The van der Waals surface area contributed by atoms with Gasteiger partial charge in [0.05, 0.1) is 0 Å². The SMILES string of the molecule is CC/C=C\C/C=C\C/C=C\C/C=C\C/C=C\C/C=C\C/C=C\C/C=C\CCCCCCCCCCC(=O)OCC(COC(=O)CCCCCCC/C=C\C/C=C\CCCCC)OC(=O)CCCCCCCCC/C=C\C/C=C\CCCCC. The molecule has 0 aromatic rings. The molecule has 83 heavy (non-hydrogen) atoms. The first-order chi connectivity index (χ1) is 41.0. The number of carbonyl (C=O) groups excluding carboxylic acids is 3. The zero-order valence-corrected chi connectivity index (χ0v) is 53.9. The van der Waals surface area contributed by atoms with Crippen molar-refractivity contribution in [2.45, 2.75) is 309 Å². The lowest BCUT2D eigenvalue weighted by Gasteiger charge is -2.18. The number of rotatable bonds is 61. The van der Waals surface area contributed by atoms with E-state index in [-0.39, 0.29) is 31.1 Å². The van der Waals surface area contributed by atoms with Crippen molar-refractivity contribution in [1.82, 2.24) is 0 Å². The minimum Gasteiger partial charge on any atom is -0.462 e. The summed E-state index contributed by atoms with van der Waals surface area (Å²) >= 11 is 0. The van der Waals surface area contributed by atoms with Crippen LogP contribution in [0.4, 0.5) is 0 Å². The highest BCUT2D eigenvalue weighted by molar-refractivity contribution is 5.71. The summed E-state index contributed by atoms with van der Waals surface area (Å²) in [7, 11) is 0. The summed E-state index contributed by atoms with van der Waals surface area (Å²) in [5.41, 5.74) is 0. The normalized spacial score (nSPS) is 13.0. The summed E-state index contributed by atoms with van der Waals surface area (Å²) in [5.74, 6) is -0.919. The van der Waals surface area contributed by atoms with E-state index in [1.54, 1.807) is 0 Å². The van der Waals surface area contributed by atoms with Crippen molar-refractivity contribution in [1.29, 1.82) is 0 Å². The molecular weight excluding hydrogens is 1020 g/mol. The van der Waals surface area contributed by atoms with Crippen LogP contribution in [0, 0.1) is 0 Å². The summed E-state index contributed by atoms with van der Waals surface area (Å²) in [6, 6.07) is 0. The smallest absolute Gasteiger partial charge is 0.306 e. The van der Waals surface area contributed by atoms with Crippen LogP contribution in [0.1, 0.15) is 303 Å². The maximum Gasteiger partial charge on any atom is 0.306 e. The fraction of sp³-hybridized carbons (Fsp3) is 0.649. The average molecular weight is 1150 g/mol. The third-order valence-electron chi connectivity index (χ3n) is 14.3. The van der Waals surface area contributed by atoms with E-state index < -0.39 is 6.10 Å². The minimum atomic E-state index is -0.798. The number of hydrogen-bond acceptors (Lipinski definition) is 6. The van der Waals surface area contributed by atoms with E-state index in [0.29, 0.717) is 19.3 Å². The van der Waals surface area contributed by atoms with Gasteiger partial charge in [0.1, 0.15) is 13.2 Å². The molecule has 470 valence electrons. The van der Waals surface area contributed by atoms with Gasteiger partial charge in [-0.1, -0.05) is 282 Å². The van der Waals surface area contributed by atoms with Crippen LogP contribution in [0.25, 0.3) is 0 Å². The third kappa shape index (κ3) is 68.0. The molecule has 0 heterocycles. The van der Waals surface area contributed by atoms with Gasteiger partial charge in [0.25, 0.3) is 0 Å². The summed E-state index contributed by atoms with van der Waals surface area (Å²) < 4.78 is 16.9. The topological polar surface area (TPSA) is 78.9 Å². The van der Waals surface area contributed by atoms with Crippen LogP contribution < -0.4 is 0 Å². The third-order valence-corrected chi connectivity index (χ3v) is 14.3. The van der Waals surface area contributed by atoms with Gasteiger partial charge in [0.15, 0.2) is 6.10 Å². The minimum absolute atomic E-state index is 0.0938. The van der Waals surface area contributed by atoms with Crippen LogP contribution in [0.3, 0.4) is 0 Å². The molecule has 0 spiro atoms. The van der Waals surface area contributed by atoms with Crippen LogP contribution in [0.5, 0.6) is 0 Å². The Kier molecular flexibility index (Phi) is 65.8. The maximum atomic E-state index is 12.9. The van der Waals surface area contributed by atoms with Gasteiger partial charge in [0.2, 0.25) is 0 Å². The van der Waals surface area contributed by atoms with Crippen molar-refractivity contribution in [3.8, 4) is 0 Å². The number of esters is 3. The molecule has 0 radical (unpaired) electrons. The lowest BCUT2D eigenvalue weighted by molar-refractivity contribution is -0.167. The molecule has 0 aliphatic heterocycles. The Balaban J connectivity index is 4.34. The van der Waals surface area contributed by atoms with Gasteiger partial charge >= 0.3 is 17.9 Å². The summed E-state index contributed by atoms with van der Waals surface area (Å²) in [5, 5.41) is 0. The molecule has 0 rings (SSSR count). The predicted octanol–water partition coefficient (Wildman–Crippen LogP) is 23.9. The van der Waals surface area contributed by atoms with E-state index in [0.717, 1.165) is 154 Å². The van der Waals surface area contributed by atoms with Crippen molar-refractivity contribution in [3.63, 3.8) is 0 Å². The standard InChI is InChI=1S/C77H126O6/c1-4-7-10-13-16-19-22-25-28-30-31-32-33-34-35-36-37-38-39-40-41-42-43-44-45-47-49-52-55-58-61-64-67-70-76(79)82-73-74(72-81-75(78)69-66-63-60-57-54-51-48-27-24-21-18-15-12-9-6-3)83-77(80)71-68-65-62-59-56-53-50-46-29-26-23-20-17-14-11-8-5-2/h7,10,16-21,25-29,31-32,34-35,37-38,40-41,43-44,48,74H,4-6,8-9,11-15,22-24,30,33,36,39,42,45-47,49-73H2,1-3H3/b10-7-,19-16-,20-17-,21-18-,28-25-,29-26-,32-31-,35-34-,38-37-,41-40-,44-43-,48-27-. The molecule has 0 fully saturated rings. The van der Waals surface area contributed by atoms with E-state index in [1.165, 1.54) is 109 Å². The molecule has 6 heteroatoms. The molecule has 0 saturated heterocycles. The van der Waals surface area contributed by atoms with Gasteiger partial charge in [0, 0.05) is 19.3 Å². The second-order valence-corrected chi connectivity index (χ2v) is 22.3. The highest BCUT2D eigenvalue weighted by Crippen LogP contribution is 2.15. The Morgan fingerprint density at radius 1 is 0.253 bits per heavy atom. The monoisotopic (exact) mass is 1150 g/mol. The molecule has 0 amide bonds. The fourth-order valence-corrected chi connectivity index (χ4v) is 9.17. The summed E-state index contributed by atoms with van der Waals surface area (Å²) in [4.78, 5) is 38.4. The lowest BCUT2D eigenvalue weighted by Crippen LogP contribution is -2.30. The van der Waals surface area contributed by atoms with E-state index in [9.17, 15) is 14.4 Å². The number of carbonyl (C=O) groups is 3. The molecule has 0 aromatic heterocycles. The maximum absolute atomic E-state index is 12.9. The molecule has 0 saturated carbocycles. The first kappa shape index (κ1) is 78.3. The summed E-state index contributed by atoms with van der Waals surface area (Å²) in [6.45, 7) is 6.46. The van der Waals surface area contributed by atoms with Gasteiger partial charge in [-0.25, -0.2) is 0 Å². The molecule has 1 atom stereocenters. The molecule has 0 N–H and O–H groups in total. The van der Waals surface area contributed by atoms with Crippen molar-refractivity contribution >= 4 is 17.9 Å². The van der Waals surface area contributed by atoms with E-state index in [1.807, 2.05) is 0 Å². The van der Waals surface area contributed by atoms with Crippen molar-refractivity contribution in [3.05, 3.63) is 146 Å². The Morgan fingerprint density at radius 3 is 0.735 bits per heavy atom. The molecular formula is C77H126O6. The molecule has 6 nitrogen and oxygen atoms in total. The second kappa shape index (κ2) is 69.8. The Bertz CT molecular complexity index is 1800. The molecule has 0 aliphatic rings. The fourth-order valence-electron chi connectivity index (χ4n) is 9.17. The highest BCUT2D eigenvalue weighted by atomic mass is 16.6. The van der Waals surface area contributed by atoms with Gasteiger partial charge in [-0.2, -0.15) is 0 Å². The van der Waals surface area contributed by atoms with Crippen LogP contribution in [0.15, 0.2) is 146 Å². The zero-order chi connectivity index (χ0) is 59.9. The van der Waals surface area contributed by atoms with Crippen LogP contribution in [-0.2, 0) is 28.6 Å². The van der Waals surface area contributed by atoms with Crippen molar-refractivity contribution < 1.29 is 28.6 Å². The largest absolute Gasteiger partial charge is 0.462 e. The molecule has 1 unspecified atom stereocenters. The summed E-state index contributed by atoms with van der Waals surface area (Å²) in [6.07, 6.45) is 100.0. The van der Waals surface area contributed by atoms with Crippen LogP contribution >= 0.6 is 0 Å². The van der Waals surface area contributed by atoms with E-state index in [2.05, 4.69) is 167 Å². The Morgan fingerprint density at radius 2 is 0.470 bits per heavy atom. The van der Waals surface area contributed by atoms with Crippen LogP contribution in [-0.4, -0.2) is 37.2 Å². The van der Waals surface area contributed by atoms with Gasteiger partial charge < -0.3 is 14.2 Å². The quantitative estimate of drug-likeness (QED) is 0.0261. The van der Waals surface area contributed by atoms with Gasteiger partial charge in [-0.05, 0) is 148 Å². The zero-order valence-electron chi connectivity index (χ0n) is 53.9. The van der Waals surface area contributed by atoms with E-state index >= 15 is 0 Å². The molecule has 0 bridgehead atoms. The van der Waals surface area contributed by atoms with Gasteiger partial charge in [-0.15, -0.1) is 0 Å². The Hall–Kier alpha value is -4.71. The predicted molar refractivity (Wildman–Crippen MR) is 362 cm³/mol. The van der Waals surface area contributed by atoms with Crippen LogP contribution in [0.2, 0.25) is 0 Å². The number of allylic oxidation sites excluding steroid dienone is 24. The number of hydrogen-bond donors (Lipinski definition) is 0. The average Bonchev–Trinajstić information content (AvgIpc) is 3.49.